The van der Waals surface area contributed by atoms with Crippen molar-refractivity contribution in [3.05, 3.63) is 313 Å². The normalized spacial score (nSPS) is 10.5. The highest BCUT2D eigenvalue weighted by atomic mass is 28.3. The molecule has 0 unspecified atom stereocenters. The fourth-order valence-corrected chi connectivity index (χ4v) is 13.0. The molecular weight excluding hydrogens is 1270 g/mol. The summed E-state index contributed by atoms with van der Waals surface area (Å²) in [6, 6.07) is 96.6. The van der Waals surface area contributed by atoms with Crippen molar-refractivity contribution in [1.82, 2.24) is 0 Å². The summed E-state index contributed by atoms with van der Waals surface area (Å²) < 4.78 is 44.4. The van der Waals surface area contributed by atoms with Crippen molar-refractivity contribution in [2.45, 2.75) is 0 Å². The standard InChI is InChI=1S/C88H72N4O8Si/c1-93-81-41-25-73(26-42-81)89(74-27-43-82(94-2)44-28-74)69-17-9-65(10-18-69)57-61-101(62-58-66-11-19-70(20-12-66)90(75-29-45-83(95-3)46-30-75)76-31-47-84(96-4)48-32-76,63-59-67-13-21-71(22-14-67)91(77-33-49-85(97-5)50-34-77)78-35-51-86(98-6)52-36-78)64-60-68-15-23-72(24-16-68)92(79-37-53-87(99-7)54-38-79)80-39-55-88(100-8)56-40-80/h9-56H,1-8H3. The number of hydrogen-bond acceptors (Lipinski definition) is 12. The Morgan fingerprint density at radius 1 is 0.168 bits per heavy atom. The van der Waals surface area contributed by atoms with Crippen LogP contribution in [-0.2, 0) is 0 Å². The lowest BCUT2D eigenvalue weighted by molar-refractivity contribution is 0.414. The van der Waals surface area contributed by atoms with E-state index in [0.29, 0.717) is 0 Å². The van der Waals surface area contributed by atoms with Crippen LogP contribution >= 0.6 is 0 Å². The molecule has 13 heteroatoms. The zero-order valence-corrected chi connectivity index (χ0v) is 58.3. The smallest absolute Gasteiger partial charge is 0.370 e. The van der Waals surface area contributed by atoms with E-state index in [9.17, 15) is 0 Å². The number of benzene rings is 12. The monoisotopic (exact) mass is 1340 g/mol. The van der Waals surface area contributed by atoms with Crippen molar-refractivity contribution in [3.63, 3.8) is 0 Å². The average Bonchev–Trinajstić information content (AvgIpc) is 0.825. The molecule has 0 saturated heterocycles. The zero-order chi connectivity index (χ0) is 69.9. The third-order valence-corrected chi connectivity index (χ3v) is 18.7. The molecule has 0 amide bonds. The fourth-order valence-electron chi connectivity index (χ4n) is 11.3. The first-order valence-electron chi connectivity index (χ1n) is 32.4. The third kappa shape index (κ3) is 16.4. The zero-order valence-electron chi connectivity index (χ0n) is 57.3. The number of anilines is 12. The van der Waals surface area contributed by atoms with Gasteiger partial charge in [-0.25, -0.2) is 0 Å². The predicted molar refractivity (Wildman–Crippen MR) is 410 cm³/mol. The summed E-state index contributed by atoms with van der Waals surface area (Å²) in [5.74, 6) is 20.4. The van der Waals surface area contributed by atoms with E-state index in [4.69, 9.17) is 37.9 Å². The first-order valence-corrected chi connectivity index (χ1v) is 34.4. The van der Waals surface area contributed by atoms with Gasteiger partial charge in [0.25, 0.3) is 0 Å². The molecule has 0 spiro atoms. The maximum Gasteiger partial charge on any atom is 0.370 e. The van der Waals surface area contributed by atoms with Crippen LogP contribution in [-0.4, -0.2) is 65.0 Å². The van der Waals surface area contributed by atoms with Crippen molar-refractivity contribution >= 4 is 76.3 Å². The highest BCUT2D eigenvalue weighted by molar-refractivity contribution is 7.06. The van der Waals surface area contributed by atoms with Gasteiger partial charge in [-0.15, -0.1) is 0 Å². The highest BCUT2D eigenvalue weighted by Crippen LogP contribution is 2.41. The Kier molecular flexibility index (Phi) is 21.5. The van der Waals surface area contributed by atoms with Gasteiger partial charge in [0.05, 0.1) is 56.9 Å². The maximum absolute atomic E-state index is 5.55. The van der Waals surface area contributed by atoms with Gasteiger partial charge in [0.1, 0.15) is 46.0 Å². The van der Waals surface area contributed by atoms with E-state index in [0.717, 1.165) is 136 Å². The molecule has 0 N–H and O–H groups in total. The second kappa shape index (κ2) is 32.2. The minimum atomic E-state index is -3.74. The number of hydrogen-bond donors (Lipinski definition) is 0. The Balaban J connectivity index is 0.999. The number of nitrogens with zero attached hydrogens (tertiary/aromatic N) is 4. The Bertz CT molecular complexity index is 4160. The van der Waals surface area contributed by atoms with Crippen molar-refractivity contribution in [3.8, 4) is 91.9 Å². The third-order valence-electron chi connectivity index (χ3n) is 16.7. The first kappa shape index (κ1) is 67.7. The van der Waals surface area contributed by atoms with E-state index in [1.165, 1.54) is 0 Å². The SMILES string of the molecule is COc1ccc(N(c2ccc(C#C[Si](C#Cc3ccc(N(c4ccc(OC)cc4)c4ccc(OC)cc4)cc3)(C#Cc3ccc(N(c4ccc(OC)cc4)c4ccc(OC)cc4)cc3)C#Cc3ccc(N(c4ccc(OC)cc4)c4ccc(OC)cc4)cc3)cc2)c2ccc(OC)cc2)cc1. The molecule has 12 rings (SSSR count). The molecule has 0 aliphatic rings. The molecule has 0 aliphatic heterocycles. The molecule has 12 nitrogen and oxygen atoms in total. The van der Waals surface area contributed by atoms with Crippen molar-refractivity contribution in [1.29, 1.82) is 0 Å². The molecule has 12 aromatic carbocycles. The summed E-state index contributed by atoms with van der Waals surface area (Å²) in [4.78, 5) is 8.69. The molecule has 101 heavy (non-hydrogen) atoms. The van der Waals surface area contributed by atoms with Gasteiger partial charge in [0.2, 0.25) is 0 Å². The van der Waals surface area contributed by atoms with Crippen LogP contribution in [0.5, 0.6) is 46.0 Å². The van der Waals surface area contributed by atoms with Gasteiger partial charge in [0, 0.05) is 90.5 Å². The summed E-state index contributed by atoms with van der Waals surface area (Å²) >= 11 is 0. The van der Waals surface area contributed by atoms with Gasteiger partial charge in [-0.3, -0.25) is 0 Å². The minimum absolute atomic E-state index is 0.755. The highest BCUT2D eigenvalue weighted by Gasteiger charge is 2.27. The van der Waals surface area contributed by atoms with E-state index in [2.05, 4.69) is 114 Å². The van der Waals surface area contributed by atoms with Crippen LogP contribution in [0.4, 0.5) is 68.2 Å². The van der Waals surface area contributed by atoms with Crippen LogP contribution in [0.15, 0.2) is 291 Å². The van der Waals surface area contributed by atoms with Crippen LogP contribution in [0.1, 0.15) is 22.3 Å². The van der Waals surface area contributed by atoms with Gasteiger partial charge < -0.3 is 57.5 Å². The number of methoxy groups -OCH3 is 8. The summed E-state index contributed by atoms with van der Waals surface area (Å²) in [7, 11) is 9.57. The first-order chi connectivity index (χ1) is 49.6. The van der Waals surface area contributed by atoms with Gasteiger partial charge in [-0.1, -0.05) is 45.9 Å². The molecule has 0 aromatic heterocycles. The van der Waals surface area contributed by atoms with Gasteiger partial charge in [0.15, 0.2) is 0 Å². The molecule has 496 valence electrons. The number of rotatable bonds is 20. The van der Waals surface area contributed by atoms with Crippen molar-refractivity contribution in [2.75, 3.05) is 76.5 Å². The molecule has 0 bridgehead atoms. The fraction of sp³-hybridized carbons (Fsp3) is 0.0909. The van der Waals surface area contributed by atoms with E-state index in [-0.39, 0.29) is 0 Å². The molecule has 0 saturated carbocycles. The van der Waals surface area contributed by atoms with Crippen LogP contribution in [0.25, 0.3) is 0 Å². The van der Waals surface area contributed by atoms with Gasteiger partial charge >= 0.3 is 8.07 Å². The lowest BCUT2D eigenvalue weighted by Crippen LogP contribution is -2.29. The predicted octanol–water partition coefficient (Wildman–Crippen LogP) is 19.7. The Hall–Kier alpha value is -13.3. The summed E-state index contributed by atoms with van der Waals surface area (Å²) in [5, 5.41) is 0. The van der Waals surface area contributed by atoms with Gasteiger partial charge in [-0.2, -0.15) is 0 Å². The molecule has 12 aromatic rings. The van der Waals surface area contributed by atoms with Crippen LogP contribution < -0.4 is 57.5 Å². The van der Waals surface area contributed by atoms with Crippen molar-refractivity contribution < 1.29 is 37.9 Å². The molecule has 0 fully saturated rings. The van der Waals surface area contributed by atoms with E-state index < -0.39 is 8.07 Å². The van der Waals surface area contributed by atoms with E-state index >= 15 is 0 Å². The van der Waals surface area contributed by atoms with E-state index in [1.54, 1.807) is 56.9 Å². The molecule has 0 atom stereocenters. The minimum Gasteiger partial charge on any atom is -0.497 e. The van der Waals surface area contributed by atoms with Crippen LogP contribution in [0, 0.1) is 45.9 Å². The molecule has 0 aliphatic carbocycles. The van der Waals surface area contributed by atoms with Crippen molar-refractivity contribution in [2.24, 2.45) is 0 Å². The Labute approximate surface area is 592 Å². The lowest BCUT2D eigenvalue weighted by Gasteiger charge is -2.26. The Morgan fingerprint density at radius 2 is 0.277 bits per heavy atom. The van der Waals surface area contributed by atoms with Crippen LogP contribution in [0.3, 0.4) is 0 Å². The lowest BCUT2D eigenvalue weighted by atomic mass is 10.1. The molecular formula is C88H72N4O8Si. The summed E-state index contributed by atoms with van der Waals surface area (Å²) in [6.45, 7) is 0. The number of ether oxygens (including phenoxy) is 8. The van der Waals surface area contributed by atoms with Gasteiger partial charge in [-0.05, 0) is 291 Å². The van der Waals surface area contributed by atoms with Crippen LogP contribution in [0.2, 0.25) is 0 Å². The topological polar surface area (TPSA) is 86.8 Å². The summed E-state index contributed by atoms with van der Waals surface area (Å²) in [5.41, 5.74) is 29.0. The summed E-state index contributed by atoms with van der Waals surface area (Å²) in [6.07, 6.45) is 0. The second-order valence-corrected chi connectivity index (χ2v) is 25.4. The average molecular weight is 1340 g/mol. The second-order valence-electron chi connectivity index (χ2n) is 22.9. The molecule has 0 radical (unpaired) electrons. The maximum atomic E-state index is 5.55. The largest absolute Gasteiger partial charge is 0.497 e. The van der Waals surface area contributed by atoms with E-state index in [1.807, 2.05) is 243 Å². The molecule has 0 heterocycles. The Morgan fingerprint density at radius 3 is 0.386 bits per heavy atom. The quantitative estimate of drug-likeness (QED) is 0.0538.